The van der Waals surface area contributed by atoms with E-state index in [0.717, 1.165) is 141 Å². The van der Waals surface area contributed by atoms with Crippen LogP contribution in [0.25, 0.3) is 0 Å². The summed E-state index contributed by atoms with van der Waals surface area (Å²) in [7, 11) is 0. The molecule has 1 N–H and O–H groups in total. The number of anilines is 1. The van der Waals surface area contributed by atoms with E-state index in [1.807, 2.05) is 29.3 Å². The molecule has 1 amide bonds. The second-order valence-electron chi connectivity index (χ2n) is 18.0. The normalized spacial score (nSPS) is 20.8. The average Bonchev–Trinajstić information content (AvgIpc) is 4.04. The molecule has 1 aromatic heterocycles. The Balaban J connectivity index is 0.000000184. The standard InChI is InChI=1S/C25H39N3O3.C25H35N3O2/c1-22(29)28-16-14-27(15-17-28)21-25(9-19-30-20-10-25)23-5-7-24(8-6-23)31-18-4-13-26-11-2-3-12-26;1-2-14-26-24(7-1)27-21-25(12-19-29-20-13-25)22-8-10-23(11-9-22)30-18-6-5-17-28-15-3-4-16-28/h5-8H,2-4,9-21H2,1H3;1-2,7-11,14H,3-6,12-13,15-21H2,(H,26,27). The van der Waals surface area contributed by atoms with Crippen LogP contribution in [0.3, 0.4) is 0 Å². The Labute approximate surface area is 366 Å². The quantitative estimate of drug-likeness (QED) is 0.132. The molecule has 2 aromatic carbocycles. The molecule has 3 aromatic rings. The minimum atomic E-state index is 0.0734. The van der Waals surface area contributed by atoms with Gasteiger partial charge in [-0.25, -0.2) is 4.98 Å². The third kappa shape index (κ3) is 13.6. The van der Waals surface area contributed by atoms with Crippen LogP contribution in [-0.2, 0) is 25.1 Å². The predicted molar refractivity (Wildman–Crippen MR) is 244 cm³/mol. The molecule has 0 aliphatic carbocycles. The van der Waals surface area contributed by atoms with Crippen molar-refractivity contribution in [1.82, 2.24) is 24.6 Å². The van der Waals surface area contributed by atoms with Crippen molar-refractivity contribution in [2.75, 3.05) is 123 Å². The number of carbonyl (C=O) groups is 1. The lowest BCUT2D eigenvalue weighted by atomic mass is 9.73. The molecule has 5 fully saturated rings. The highest BCUT2D eigenvalue weighted by molar-refractivity contribution is 5.73. The second kappa shape index (κ2) is 23.6. The van der Waals surface area contributed by atoms with Crippen LogP contribution in [0.4, 0.5) is 5.82 Å². The number of aromatic nitrogens is 1. The van der Waals surface area contributed by atoms with Crippen LogP contribution in [0.2, 0.25) is 0 Å². The van der Waals surface area contributed by atoms with Crippen LogP contribution >= 0.6 is 0 Å². The number of carbonyl (C=O) groups excluding carboxylic acids is 1. The highest BCUT2D eigenvalue weighted by atomic mass is 16.5. The first kappa shape index (κ1) is 45.3. The zero-order valence-electron chi connectivity index (χ0n) is 37.2. The Morgan fingerprint density at radius 2 is 1.15 bits per heavy atom. The Morgan fingerprint density at radius 3 is 1.69 bits per heavy atom. The van der Waals surface area contributed by atoms with Crippen molar-refractivity contribution in [2.24, 2.45) is 0 Å². The zero-order chi connectivity index (χ0) is 42.0. The van der Waals surface area contributed by atoms with E-state index < -0.39 is 0 Å². The fourth-order valence-electron chi connectivity index (χ4n) is 9.93. The Hall–Kier alpha value is -3.74. The number of benzene rings is 2. The van der Waals surface area contributed by atoms with Crippen molar-refractivity contribution in [3.8, 4) is 11.5 Å². The van der Waals surface area contributed by atoms with E-state index in [9.17, 15) is 4.79 Å². The van der Waals surface area contributed by atoms with E-state index in [1.165, 1.54) is 76.0 Å². The molecule has 0 bridgehead atoms. The molecule has 0 saturated carbocycles. The van der Waals surface area contributed by atoms with Gasteiger partial charge in [-0.2, -0.15) is 0 Å². The van der Waals surface area contributed by atoms with E-state index in [2.05, 4.69) is 73.5 Å². The number of pyridine rings is 1. The smallest absolute Gasteiger partial charge is 0.219 e. The van der Waals surface area contributed by atoms with Gasteiger partial charge in [0, 0.05) is 96.2 Å². The number of unbranched alkanes of at least 4 members (excludes halogenated alkanes) is 1. The molecule has 11 nitrogen and oxygen atoms in total. The van der Waals surface area contributed by atoms with Crippen LogP contribution in [-0.4, -0.2) is 149 Å². The molecule has 0 radical (unpaired) electrons. The Kier molecular flexibility index (Phi) is 17.5. The molecule has 5 aliphatic rings. The summed E-state index contributed by atoms with van der Waals surface area (Å²) in [6.45, 7) is 19.5. The summed E-state index contributed by atoms with van der Waals surface area (Å²) < 4.78 is 23.4. The van der Waals surface area contributed by atoms with Gasteiger partial charge in [0.2, 0.25) is 5.91 Å². The van der Waals surface area contributed by atoms with Crippen molar-refractivity contribution >= 4 is 11.7 Å². The molecule has 0 unspecified atom stereocenters. The molecule has 334 valence electrons. The lowest BCUT2D eigenvalue weighted by Gasteiger charge is -2.44. The maximum Gasteiger partial charge on any atom is 0.219 e. The highest BCUT2D eigenvalue weighted by Gasteiger charge is 2.37. The van der Waals surface area contributed by atoms with Gasteiger partial charge in [-0.3, -0.25) is 9.69 Å². The molecule has 11 heteroatoms. The topological polar surface area (TPSA) is 91.9 Å². The lowest BCUT2D eigenvalue weighted by Crippen LogP contribution is -2.53. The van der Waals surface area contributed by atoms with Gasteiger partial charge >= 0.3 is 0 Å². The summed E-state index contributed by atoms with van der Waals surface area (Å²) in [6.07, 6.45) is 14.8. The zero-order valence-corrected chi connectivity index (χ0v) is 37.2. The van der Waals surface area contributed by atoms with Crippen LogP contribution < -0.4 is 14.8 Å². The first-order chi connectivity index (χ1) is 30.0. The number of piperazine rings is 1. The van der Waals surface area contributed by atoms with Gasteiger partial charge in [0.15, 0.2) is 0 Å². The molecule has 6 heterocycles. The third-order valence-corrected chi connectivity index (χ3v) is 13.9. The predicted octanol–water partition coefficient (Wildman–Crippen LogP) is 7.26. The van der Waals surface area contributed by atoms with E-state index in [1.54, 1.807) is 6.92 Å². The number of amides is 1. The first-order valence-corrected chi connectivity index (χ1v) is 23.7. The maximum atomic E-state index is 11.6. The molecule has 5 saturated heterocycles. The minimum Gasteiger partial charge on any atom is -0.494 e. The summed E-state index contributed by atoms with van der Waals surface area (Å²) in [4.78, 5) is 25.7. The van der Waals surface area contributed by atoms with Crippen LogP contribution in [0, 0.1) is 0 Å². The fraction of sp³-hybridized carbons (Fsp3) is 0.640. The number of nitrogens with one attached hydrogen (secondary N) is 1. The van der Waals surface area contributed by atoms with Gasteiger partial charge in [-0.1, -0.05) is 30.3 Å². The van der Waals surface area contributed by atoms with Gasteiger partial charge in [0.05, 0.1) is 13.2 Å². The van der Waals surface area contributed by atoms with Crippen LogP contribution in [0.1, 0.15) is 88.7 Å². The molecule has 0 atom stereocenters. The van der Waals surface area contributed by atoms with Gasteiger partial charge < -0.3 is 39.0 Å². The van der Waals surface area contributed by atoms with Gasteiger partial charge in [0.1, 0.15) is 17.3 Å². The van der Waals surface area contributed by atoms with Crippen LogP contribution in [0.15, 0.2) is 72.9 Å². The first-order valence-electron chi connectivity index (χ1n) is 23.7. The van der Waals surface area contributed by atoms with E-state index >= 15 is 0 Å². The number of ether oxygens (including phenoxy) is 4. The summed E-state index contributed by atoms with van der Waals surface area (Å²) in [5, 5.41) is 3.54. The maximum absolute atomic E-state index is 11.6. The van der Waals surface area contributed by atoms with Gasteiger partial charge in [0.25, 0.3) is 0 Å². The molecule has 5 aliphatic heterocycles. The van der Waals surface area contributed by atoms with Crippen LogP contribution in [0.5, 0.6) is 11.5 Å². The summed E-state index contributed by atoms with van der Waals surface area (Å²) in [5.41, 5.74) is 2.96. The van der Waals surface area contributed by atoms with Crippen molar-refractivity contribution < 1.29 is 23.7 Å². The number of likely N-dealkylation sites (tertiary alicyclic amines) is 2. The van der Waals surface area contributed by atoms with Crippen molar-refractivity contribution in [1.29, 1.82) is 0 Å². The van der Waals surface area contributed by atoms with E-state index in [-0.39, 0.29) is 16.7 Å². The molecule has 0 spiro atoms. The Morgan fingerprint density at radius 1 is 0.623 bits per heavy atom. The molecule has 61 heavy (non-hydrogen) atoms. The molecular formula is C50H74N6O5. The van der Waals surface area contributed by atoms with Crippen molar-refractivity contribution in [2.45, 2.75) is 88.4 Å². The monoisotopic (exact) mass is 839 g/mol. The number of hydrogen-bond acceptors (Lipinski definition) is 10. The number of nitrogens with zero attached hydrogens (tertiary/aromatic N) is 5. The average molecular weight is 839 g/mol. The summed E-state index contributed by atoms with van der Waals surface area (Å²) >= 11 is 0. The number of hydrogen-bond donors (Lipinski definition) is 1. The largest absolute Gasteiger partial charge is 0.494 e. The third-order valence-electron chi connectivity index (χ3n) is 13.9. The molecular weight excluding hydrogens is 765 g/mol. The highest BCUT2D eigenvalue weighted by Crippen LogP contribution is 2.38. The SMILES string of the molecule is CC(=O)N1CCN(CC2(c3ccc(OCCCN4CCCC4)cc3)CCOCC2)CC1.c1ccc(NCC2(c3ccc(OCCCCN4CCCC4)cc3)CCOCC2)nc1. The van der Waals surface area contributed by atoms with E-state index in [4.69, 9.17) is 18.9 Å². The van der Waals surface area contributed by atoms with Crippen molar-refractivity contribution in [3.63, 3.8) is 0 Å². The van der Waals surface area contributed by atoms with E-state index in [0.29, 0.717) is 0 Å². The molecule has 8 rings (SSSR count). The van der Waals surface area contributed by atoms with Crippen molar-refractivity contribution in [3.05, 3.63) is 84.1 Å². The summed E-state index contributed by atoms with van der Waals surface area (Å²) in [6, 6.07) is 23.6. The van der Waals surface area contributed by atoms with Gasteiger partial charge in [-0.05, 0) is 151 Å². The lowest BCUT2D eigenvalue weighted by molar-refractivity contribution is -0.130. The summed E-state index contributed by atoms with van der Waals surface area (Å²) in [5.74, 6) is 3.07. The number of rotatable bonds is 18. The Bertz CT molecular complexity index is 1680. The minimum absolute atomic E-state index is 0.0734. The second-order valence-corrected chi connectivity index (χ2v) is 18.0. The fourth-order valence-corrected chi connectivity index (χ4v) is 9.93. The van der Waals surface area contributed by atoms with Gasteiger partial charge in [-0.15, -0.1) is 0 Å².